The standard InChI is InChI=1S/C15H21FN2O2/c1-5-18(6-2)14(19)10-17(4)15(20)13-9-12(16)8-7-11(13)3/h7-9H,5-6,10H2,1-4H3. The van der Waals surface area contributed by atoms with E-state index in [2.05, 4.69) is 0 Å². The van der Waals surface area contributed by atoms with Gasteiger partial charge in [-0.25, -0.2) is 4.39 Å². The first-order chi connectivity index (χ1) is 9.40. The molecule has 0 heterocycles. The Morgan fingerprint density at radius 2 is 1.80 bits per heavy atom. The van der Waals surface area contributed by atoms with Crippen molar-refractivity contribution < 1.29 is 14.0 Å². The van der Waals surface area contributed by atoms with Crippen molar-refractivity contribution >= 4 is 11.8 Å². The van der Waals surface area contributed by atoms with Crippen LogP contribution in [0.1, 0.15) is 29.8 Å². The molecule has 0 unspecified atom stereocenters. The number of amides is 2. The molecule has 2 amide bonds. The molecule has 0 saturated heterocycles. The number of aryl methyl sites for hydroxylation is 1. The number of likely N-dealkylation sites (N-methyl/N-ethyl adjacent to an activating group) is 2. The minimum atomic E-state index is -0.456. The minimum absolute atomic E-state index is 0.00351. The van der Waals surface area contributed by atoms with Crippen LogP contribution in [0.5, 0.6) is 0 Å². The van der Waals surface area contributed by atoms with Crippen molar-refractivity contribution in [2.24, 2.45) is 0 Å². The third kappa shape index (κ3) is 3.79. The summed E-state index contributed by atoms with van der Waals surface area (Å²) in [5.41, 5.74) is 0.985. The third-order valence-electron chi connectivity index (χ3n) is 3.27. The highest BCUT2D eigenvalue weighted by molar-refractivity contribution is 5.97. The van der Waals surface area contributed by atoms with E-state index < -0.39 is 5.82 Å². The largest absolute Gasteiger partial charge is 0.342 e. The van der Waals surface area contributed by atoms with Gasteiger partial charge in [-0.05, 0) is 38.5 Å². The normalized spacial score (nSPS) is 10.2. The molecule has 5 heteroatoms. The summed E-state index contributed by atoms with van der Waals surface area (Å²) in [4.78, 5) is 27.2. The molecule has 0 saturated carbocycles. The van der Waals surface area contributed by atoms with Crippen molar-refractivity contribution in [3.63, 3.8) is 0 Å². The van der Waals surface area contributed by atoms with Crippen LogP contribution in [-0.2, 0) is 4.79 Å². The molecule has 0 atom stereocenters. The van der Waals surface area contributed by atoms with Crippen LogP contribution in [0.4, 0.5) is 4.39 Å². The first kappa shape index (κ1) is 16.1. The predicted molar refractivity (Wildman–Crippen MR) is 76.0 cm³/mol. The second kappa shape index (κ2) is 7.03. The van der Waals surface area contributed by atoms with Crippen molar-refractivity contribution in [2.75, 3.05) is 26.7 Å². The fraction of sp³-hybridized carbons (Fsp3) is 0.467. The zero-order valence-corrected chi connectivity index (χ0v) is 12.4. The predicted octanol–water partition coefficient (Wildman–Crippen LogP) is 2.07. The molecule has 0 radical (unpaired) electrons. The first-order valence-corrected chi connectivity index (χ1v) is 6.70. The van der Waals surface area contributed by atoms with Crippen molar-refractivity contribution in [2.45, 2.75) is 20.8 Å². The van der Waals surface area contributed by atoms with E-state index in [9.17, 15) is 14.0 Å². The van der Waals surface area contributed by atoms with Crippen LogP contribution in [0.3, 0.4) is 0 Å². The summed E-state index contributed by atoms with van der Waals surface area (Å²) in [6.07, 6.45) is 0. The number of halogens is 1. The van der Waals surface area contributed by atoms with Gasteiger partial charge in [0, 0.05) is 25.7 Å². The number of rotatable bonds is 5. The first-order valence-electron chi connectivity index (χ1n) is 6.70. The van der Waals surface area contributed by atoms with Crippen LogP contribution in [0.25, 0.3) is 0 Å². The van der Waals surface area contributed by atoms with Crippen LogP contribution in [0.15, 0.2) is 18.2 Å². The van der Waals surface area contributed by atoms with E-state index in [4.69, 9.17) is 0 Å². The zero-order valence-electron chi connectivity index (χ0n) is 12.4. The Morgan fingerprint density at radius 1 is 1.20 bits per heavy atom. The lowest BCUT2D eigenvalue weighted by atomic mass is 10.1. The third-order valence-corrected chi connectivity index (χ3v) is 3.27. The van der Waals surface area contributed by atoms with Crippen LogP contribution in [0, 0.1) is 12.7 Å². The van der Waals surface area contributed by atoms with E-state index in [0.29, 0.717) is 24.2 Å². The van der Waals surface area contributed by atoms with Gasteiger partial charge >= 0.3 is 0 Å². The van der Waals surface area contributed by atoms with E-state index in [-0.39, 0.29) is 18.4 Å². The molecular formula is C15H21FN2O2. The van der Waals surface area contributed by atoms with Gasteiger partial charge in [0.05, 0.1) is 6.54 Å². The molecule has 4 nitrogen and oxygen atoms in total. The Labute approximate surface area is 119 Å². The average molecular weight is 280 g/mol. The van der Waals surface area contributed by atoms with Crippen molar-refractivity contribution in [1.29, 1.82) is 0 Å². The Morgan fingerprint density at radius 3 is 2.35 bits per heavy atom. The summed E-state index contributed by atoms with van der Waals surface area (Å²) in [5.74, 6) is -0.912. The Bertz CT molecular complexity index is 499. The maximum Gasteiger partial charge on any atom is 0.254 e. The Balaban J connectivity index is 2.82. The molecule has 0 bridgehead atoms. The minimum Gasteiger partial charge on any atom is -0.342 e. The molecule has 1 aromatic rings. The monoisotopic (exact) mass is 280 g/mol. The summed E-state index contributed by atoms with van der Waals surface area (Å²) in [7, 11) is 1.55. The van der Waals surface area contributed by atoms with Crippen molar-refractivity contribution in [3.05, 3.63) is 35.1 Å². The summed E-state index contributed by atoms with van der Waals surface area (Å²) in [6.45, 7) is 6.73. The van der Waals surface area contributed by atoms with E-state index in [0.717, 1.165) is 0 Å². The van der Waals surface area contributed by atoms with Gasteiger partial charge in [-0.15, -0.1) is 0 Å². The molecule has 0 fully saturated rings. The van der Waals surface area contributed by atoms with Gasteiger partial charge in [-0.2, -0.15) is 0 Å². The lowest BCUT2D eigenvalue weighted by molar-refractivity contribution is -0.131. The number of carbonyl (C=O) groups is 2. The summed E-state index contributed by atoms with van der Waals surface area (Å²) >= 11 is 0. The molecule has 0 aliphatic rings. The fourth-order valence-corrected chi connectivity index (χ4v) is 1.98. The van der Waals surface area contributed by atoms with Gasteiger partial charge in [0.1, 0.15) is 5.82 Å². The van der Waals surface area contributed by atoms with Gasteiger partial charge in [-0.1, -0.05) is 6.07 Å². The summed E-state index contributed by atoms with van der Waals surface area (Å²) in [5, 5.41) is 0. The number of hydrogen-bond donors (Lipinski definition) is 0. The molecule has 0 aromatic heterocycles. The molecule has 1 aromatic carbocycles. The molecule has 0 spiro atoms. The molecular weight excluding hydrogens is 259 g/mol. The van der Waals surface area contributed by atoms with Gasteiger partial charge in [0.25, 0.3) is 5.91 Å². The van der Waals surface area contributed by atoms with Gasteiger partial charge < -0.3 is 9.80 Å². The Kier molecular flexibility index (Phi) is 5.67. The number of carbonyl (C=O) groups excluding carboxylic acids is 2. The van der Waals surface area contributed by atoms with Crippen LogP contribution >= 0.6 is 0 Å². The molecule has 20 heavy (non-hydrogen) atoms. The molecule has 0 N–H and O–H groups in total. The summed E-state index contributed by atoms with van der Waals surface area (Å²) in [6, 6.07) is 4.08. The summed E-state index contributed by atoms with van der Waals surface area (Å²) < 4.78 is 13.2. The van der Waals surface area contributed by atoms with Gasteiger partial charge in [0.2, 0.25) is 5.91 Å². The SMILES string of the molecule is CCN(CC)C(=O)CN(C)C(=O)c1cc(F)ccc1C. The number of benzene rings is 1. The van der Waals surface area contributed by atoms with Crippen LogP contribution in [-0.4, -0.2) is 48.3 Å². The van der Waals surface area contributed by atoms with E-state index in [1.54, 1.807) is 24.9 Å². The molecule has 0 aliphatic carbocycles. The zero-order chi connectivity index (χ0) is 15.3. The van der Waals surface area contributed by atoms with Crippen LogP contribution in [0.2, 0.25) is 0 Å². The van der Waals surface area contributed by atoms with Crippen molar-refractivity contribution in [1.82, 2.24) is 9.80 Å². The Hall–Kier alpha value is -1.91. The van der Waals surface area contributed by atoms with E-state index >= 15 is 0 Å². The maximum atomic E-state index is 13.2. The number of nitrogens with zero attached hydrogens (tertiary/aromatic N) is 2. The van der Waals surface area contributed by atoms with Gasteiger partial charge in [-0.3, -0.25) is 9.59 Å². The average Bonchev–Trinajstić information content (AvgIpc) is 2.42. The van der Waals surface area contributed by atoms with Gasteiger partial charge in [0.15, 0.2) is 0 Å². The second-order valence-electron chi connectivity index (χ2n) is 4.69. The lowest BCUT2D eigenvalue weighted by Crippen LogP contribution is -2.41. The lowest BCUT2D eigenvalue weighted by Gasteiger charge is -2.23. The quantitative estimate of drug-likeness (QED) is 0.828. The molecule has 1 rings (SSSR count). The highest BCUT2D eigenvalue weighted by atomic mass is 19.1. The highest BCUT2D eigenvalue weighted by Crippen LogP contribution is 2.12. The fourth-order valence-electron chi connectivity index (χ4n) is 1.98. The topological polar surface area (TPSA) is 40.6 Å². The number of hydrogen-bond acceptors (Lipinski definition) is 2. The maximum absolute atomic E-state index is 13.2. The molecule has 0 aliphatic heterocycles. The highest BCUT2D eigenvalue weighted by Gasteiger charge is 2.19. The van der Waals surface area contributed by atoms with Crippen molar-refractivity contribution in [3.8, 4) is 0 Å². The van der Waals surface area contributed by atoms with E-state index in [1.165, 1.54) is 17.0 Å². The smallest absolute Gasteiger partial charge is 0.254 e. The van der Waals surface area contributed by atoms with E-state index in [1.807, 2.05) is 13.8 Å². The van der Waals surface area contributed by atoms with Crippen LogP contribution < -0.4 is 0 Å². The molecule has 110 valence electrons. The second-order valence-corrected chi connectivity index (χ2v) is 4.69.